The predicted molar refractivity (Wildman–Crippen MR) is 95.3 cm³/mol. The molecule has 2 amide bonds. The van der Waals surface area contributed by atoms with Crippen molar-refractivity contribution in [2.45, 2.75) is 0 Å². The van der Waals surface area contributed by atoms with E-state index < -0.39 is 17.6 Å². The number of carbonyl (C=O) groups excluding carboxylic acids is 2. The van der Waals surface area contributed by atoms with Gasteiger partial charge < -0.3 is 15.1 Å². The number of amides is 2. The number of nitrogens with zero attached hydrogens (tertiary/aromatic N) is 2. The number of halogens is 2. The van der Waals surface area contributed by atoms with Crippen LogP contribution >= 0.6 is 11.6 Å². The molecular formula is C18H17ClFN3O2. The van der Waals surface area contributed by atoms with Gasteiger partial charge in [0.05, 0.1) is 5.02 Å². The molecule has 1 heterocycles. The molecule has 0 aromatic heterocycles. The summed E-state index contributed by atoms with van der Waals surface area (Å²) < 4.78 is 13.1. The van der Waals surface area contributed by atoms with Gasteiger partial charge in [-0.05, 0) is 30.3 Å². The van der Waals surface area contributed by atoms with Crippen LogP contribution < -0.4 is 10.2 Å². The molecule has 1 aliphatic heterocycles. The molecule has 1 N–H and O–H groups in total. The van der Waals surface area contributed by atoms with Crippen molar-refractivity contribution >= 4 is 34.8 Å². The molecule has 0 unspecified atom stereocenters. The summed E-state index contributed by atoms with van der Waals surface area (Å²) in [6.45, 7) is 2.24. The molecule has 25 heavy (non-hydrogen) atoms. The fourth-order valence-corrected chi connectivity index (χ4v) is 2.89. The number of para-hydroxylation sites is 1. The van der Waals surface area contributed by atoms with E-state index in [2.05, 4.69) is 10.2 Å². The normalized spacial score (nSPS) is 14.3. The second-order valence-electron chi connectivity index (χ2n) is 5.70. The Labute approximate surface area is 150 Å². The molecule has 0 spiro atoms. The third kappa shape index (κ3) is 4.09. The van der Waals surface area contributed by atoms with Crippen LogP contribution in [0.5, 0.6) is 0 Å². The molecule has 0 saturated carbocycles. The van der Waals surface area contributed by atoms with E-state index in [1.165, 1.54) is 17.0 Å². The summed E-state index contributed by atoms with van der Waals surface area (Å²) in [6, 6.07) is 13.7. The average molecular weight is 362 g/mol. The van der Waals surface area contributed by atoms with Crippen molar-refractivity contribution in [3.8, 4) is 0 Å². The van der Waals surface area contributed by atoms with Gasteiger partial charge >= 0.3 is 11.8 Å². The van der Waals surface area contributed by atoms with Crippen LogP contribution in [0.2, 0.25) is 5.02 Å². The lowest BCUT2D eigenvalue weighted by Gasteiger charge is -2.35. The van der Waals surface area contributed by atoms with Crippen molar-refractivity contribution in [3.63, 3.8) is 0 Å². The lowest BCUT2D eigenvalue weighted by molar-refractivity contribution is -0.143. The maximum absolute atomic E-state index is 13.1. The number of hydrogen-bond acceptors (Lipinski definition) is 3. The van der Waals surface area contributed by atoms with Gasteiger partial charge in [0.25, 0.3) is 0 Å². The Bertz CT molecular complexity index is 777. The molecule has 0 atom stereocenters. The van der Waals surface area contributed by atoms with Crippen LogP contribution in [0.4, 0.5) is 15.8 Å². The standard InChI is InChI=1S/C18H17ClFN3O2/c19-15-12-13(6-7-16(15)20)21-17(24)18(25)23-10-8-22(9-11-23)14-4-2-1-3-5-14/h1-7,12H,8-11H2,(H,21,24). The molecule has 1 fully saturated rings. The van der Waals surface area contributed by atoms with Gasteiger partial charge in [0.1, 0.15) is 5.82 Å². The van der Waals surface area contributed by atoms with Crippen LogP contribution in [0, 0.1) is 5.82 Å². The highest BCUT2D eigenvalue weighted by atomic mass is 35.5. The minimum absolute atomic E-state index is 0.110. The predicted octanol–water partition coefficient (Wildman–Crippen LogP) is 2.77. The Morgan fingerprint density at radius 1 is 1.00 bits per heavy atom. The van der Waals surface area contributed by atoms with Gasteiger partial charge in [-0.2, -0.15) is 0 Å². The first-order valence-corrected chi connectivity index (χ1v) is 8.28. The van der Waals surface area contributed by atoms with E-state index >= 15 is 0 Å². The molecule has 1 saturated heterocycles. The lowest BCUT2D eigenvalue weighted by atomic mass is 10.2. The number of rotatable bonds is 2. The third-order valence-electron chi connectivity index (χ3n) is 4.06. The van der Waals surface area contributed by atoms with Crippen molar-refractivity contribution < 1.29 is 14.0 Å². The van der Waals surface area contributed by atoms with Crippen LogP contribution in [0.3, 0.4) is 0 Å². The van der Waals surface area contributed by atoms with E-state index in [1.807, 2.05) is 30.3 Å². The Kier molecular flexibility index (Phi) is 5.19. The van der Waals surface area contributed by atoms with Crippen molar-refractivity contribution in [2.75, 3.05) is 36.4 Å². The quantitative estimate of drug-likeness (QED) is 0.837. The zero-order chi connectivity index (χ0) is 17.8. The largest absolute Gasteiger partial charge is 0.368 e. The van der Waals surface area contributed by atoms with E-state index in [4.69, 9.17) is 11.6 Å². The van der Waals surface area contributed by atoms with Gasteiger partial charge in [-0.25, -0.2) is 4.39 Å². The second-order valence-corrected chi connectivity index (χ2v) is 6.11. The van der Waals surface area contributed by atoms with Crippen LogP contribution in [-0.4, -0.2) is 42.9 Å². The molecule has 0 radical (unpaired) electrons. The molecule has 130 valence electrons. The summed E-state index contributed by atoms with van der Waals surface area (Å²) in [5.41, 5.74) is 1.38. The zero-order valence-corrected chi connectivity index (χ0v) is 14.2. The molecule has 3 rings (SSSR count). The Morgan fingerprint density at radius 2 is 1.68 bits per heavy atom. The molecule has 0 aliphatic carbocycles. The van der Waals surface area contributed by atoms with Gasteiger partial charge in [0.15, 0.2) is 0 Å². The maximum atomic E-state index is 13.1. The summed E-state index contributed by atoms with van der Waals surface area (Å²) in [4.78, 5) is 28.1. The molecule has 7 heteroatoms. The topological polar surface area (TPSA) is 52.7 Å². The number of carbonyl (C=O) groups is 2. The first kappa shape index (κ1) is 17.2. The fourth-order valence-electron chi connectivity index (χ4n) is 2.71. The number of hydrogen-bond donors (Lipinski definition) is 1. The van der Waals surface area contributed by atoms with Gasteiger partial charge in [0, 0.05) is 37.6 Å². The third-order valence-corrected chi connectivity index (χ3v) is 4.35. The number of anilines is 2. The highest BCUT2D eigenvalue weighted by Crippen LogP contribution is 2.20. The summed E-state index contributed by atoms with van der Waals surface area (Å²) in [5, 5.41) is 2.35. The smallest absolute Gasteiger partial charge is 0.313 e. The summed E-state index contributed by atoms with van der Waals surface area (Å²) in [6.07, 6.45) is 0. The van der Waals surface area contributed by atoms with Crippen LogP contribution in [0.25, 0.3) is 0 Å². The number of nitrogens with one attached hydrogen (secondary N) is 1. The molecular weight excluding hydrogens is 345 g/mol. The molecule has 0 bridgehead atoms. The van der Waals surface area contributed by atoms with Crippen molar-refractivity contribution in [1.82, 2.24) is 4.90 Å². The summed E-state index contributed by atoms with van der Waals surface area (Å²) in [7, 11) is 0. The second kappa shape index (κ2) is 7.53. The van der Waals surface area contributed by atoms with Crippen LogP contribution in [0.1, 0.15) is 0 Å². The van der Waals surface area contributed by atoms with Crippen LogP contribution in [0.15, 0.2) is 48.5 Å². The highest BCUT2D eigenvalue weighted by molar-refractivity contribution is 6.39. The number of piperazine rings is 1. The minimum Gasteiger partial charge on any atom is -0.368 e. The first-order valence-electron chi connectivity index (χ1n) is 7.90. The molecule has 2 aromatic rings. The minimum atomic E-state index is -0.754. The van der Waals surface area contributed by atoms with E-state index in [1.54, 1.807) is 0 Å². The van der Waals surface area contributed by atoms with Crippen LogP contribution in [-0.2, 0) is 9.59 Å². The van der Waals surface area contributed by atoms with E-state index in [9.17, 15) is 14.0 Å². The van der Waals surface area contributed by atoms with Crippen molar-refractivity contribution in [2.24, 2.45) is 0 Å². The van der Waals surface area contributed by atoms with Gasteiger partial charge in [0.2, 0.25) is 0 Å². The van der Waals surface area contributed by atoms with Gasteiger partial charge in [-0.1, -0.05) is 29.8 Å². The lowest BCUT2D eigenvalue weighted by Crippen LogP contribution is -2.51. The fraction of sp³-hybridized carbons (Fsp3) is 0.222. The van der Waals surface area contributed by atoms with Crippen molar-refractivity contribution in [3.05, 3.63) is 59.4 Å². The molecule has 2 aromatic carbocycles. The van der Waals surface area contributed by atoms with Gasteiger partial charge in [-0.15, -0.1) is 0 Å². The number of benzene rings is 2. The van der Waals surface area contributed by atoms with E-state index in [0.29, 0.717) is 26.2 Å². The zero-order valence-electron chi connectivity index (χ0n) is 13.4. The monoisotopic (exact) mass is 361 g/mol. The Hall–Kier alpha value is -2.60. The van der Waals surface area contributed by atoms with E-state index in [0.717, 1.165) is 11.8 Å². The van der Waals surface area contributed by atoms with Gasteiger partial charge in [-0.3, -0.25) is 9.59 Å². The highest BCUT2D eigenvalue weighted by Gasteiger charge is 2.26. The molecule has 5 nitrogen and oxygen atoms in total. The summed E-state index contributed by atoms with van der Waals surface area (Å²) >= 11 is 5.67. The Balaban J connectivity index is 1.56. The molecule has 1 aliphatic rings. The van der Waals surface area contributed by atoms with Crippen molar-refractivity contribution in [1.29, 1.82) is 0 Å². The maximum Gasteiger partial charge on any atom is 0.313 e. The first-order chi connectivity index (χ1) is 12.0. The average Bonchev–Trinajstić information content (AvgIpc) is 2.65. The Morgan fingerprint density at radius 3 is 2.32 bits per heavy atom. The SMILES string of the molecule is O=C(Nc1ccc(F)c(Cl)c1)C(=O)N1CCN(c2ccccc2)CC1. The summed E-state index contributed by atoms with van der Waals surface area (Å²) in [5.74, 6) is -1.94. The van der Waals surface area contributed by atoms with E-state index in [-0.39, 0.29) is 10.7 Å².